The zero-order chi connectivity index (χ0) is 9.78. The fraction of sp³-hybridized carbons (Fsp3) is 0.667. The van der Waals surface area contributed by atoms with Gasteiger partial charge in [0, 0.05) is 8.07 Å². The molecule has 0 bridgehead atoms. The van der Waals surface area contributed by atoms with Crippen molar-refractivity contribution in [3.63, 3.8) is 0 Å². The van der Waals surface area contributed by atoms with Crippen molar-refractivity contribution in [2.45, 2.75) is 32.1 Å². The van der Waals surface area contributed by atoms with Gasteiger partial charge in [0.25, 0.3) is 0 Å². The molecular formula is C9H18O2Si. The molecule has 12 heavy (non-hydrogen) atoms. The third kappa shape index (κ3) is 6.16. The Kier molecular flexibility index (Phi) is 4.24. The molecule has 0 atom stereocenters. The van der Waals surface area contributed by atoms with Gasteiger partial charge in [-0.25, -0.2) is 0 Å². The summed E-state index contributed by atoms with van der Waals surface area (Å²) in [5.41, 5.74) is 1.00. The van der Waals surface area contributed by atoms with Gasteiger partial charge in [-0.1, -0.05) is 31.8 Å². The van der Waals surface area contributed by atoms with Crippen LogP contribution < -0.4 is 0 Å². The lowest BCUT2D eigenvalue weighted by molar-refractivity contribution is -0.139. The molecule has 2 nitrogen and oxygen atoms in total. The van der Waals surface area contributed by atoms with E-state index >= 15 is 0 Å². The molecule has 0 saturated carbocycles. The lowest BCUT2D eigenvalue weighted by Crippen LogP contribution is -2.20. The van der Waals surface area contributed by atoms with Gasteiger partial charge in [0.2, 0.25) is 0 Å². The summed E-state index contributed by atoms with van der Waals surface area (Å²) in [6.07, 6.45) is 0.376. The van der Waals surface area contributed by atoms with Gasteiger partial charge in [0.1, 0.15) is 0 Å². The van der Waals surface area contributed by atoms with Gasteiger partial charge in [-0.15, -0.1) is 0 Å². The Morgan fingerprint density at radius 3 is 2.25 bits per heavy atom. The minimum Gasteiger partial charge on any atom is -0.469 e. The fourth-order valence-corrected chi connectivity index (χ4v) is 2.71. The molecule has 0 amide bonds. The Morgan fingerprint density at radius 2 is 1.92 bits per heavy atom. The second-order valence-corrected chi connectivity index (χ2v) is 9.72. The molecule has 0 N–H and O–H groups in total. The summed E-state index contributed by atoms with van der Waals surface area (Å²) in [7, 11) is 0.300. The molecule has 0 radical (unpaired) electrons. The average Bonchev–Trinajstić information content (AvgIpc) is 1.82. The molecule has 0 aromatic rings. The largest absolute Gasteiger partial charge is 0.469 e. The first-order valence-electron chi connectivity index (χ1n) is 4.08. The molecule has 0 aromatic carbocycles. The normalized spacial score (nSPS) is 11.0. The Labute approximate surface area is 75.6 Å². The first-order valence-corrected chi connectivity index (χ1v) is 7.79. The van der Waals surface area contributed by atoms with Crippen LogP contribution in [0.5, 0.6) is 0 Å². The van der Waals surface area contributed by atoms with E-state index in [9.17, 15) is 4.79 Å². The predicted octanol–water partition coefficient (Wildman–Crippen LogP) is 2.44. The van der Waals surface area contributed by atoms with Gasteiger partial charge in [0.15, 0.2) is 0 Å². The summed E-state index contributed by atoms with van der Waals surface area (Å²) in [6.45, 7) is 10.6. The number of methoxy groups -OCH3 is 1. The smallest absolute Gasteiger partial charge is 0.309 e. The second kappa shape index (κ2) is 4.45. The van der Waals surface area contributed by atoms with E-state index in [0.29, 0.717) is 6.42 Å². The Bertz CT molecular complexity index is 179. The number of ether oxygens (including phenoxy) is 1. The van der Waals surface area contributed by atoms with Gasteiger partial charge in [0.05, 0.1) is 13.5 Å². The number of hydrogen-bond donors (Lipinski definition) is 0. The zero-order valence-electron chi connectivity index (χ0n) is 8.44. The van der Waals surface area contributed by atoms with Crippen LogP contribution >= 0.6 is 0 Å². The maximum Gasteiger partial charge on any atom is 0.309 e. The van der Waals surface area contributed by atoms with Gasteiger partial charge in [-0.2, -0.15) is 0 Å². The van der Waals surface area contributed by atoms with Crippen molar-refractivity contribution < 1.29 is 9.53 Å². The molecule has 0 heterocycles. The van der Waals surface area contributed by atoms with Crippen molar-refractivity contribution >= 4 is 14.0 Å². The lowest BCUT2D eigenvalue weighted by Gasteiger charge is -2.16. The summed E-state index contributed by atoms with van der Waals surface area (Å²) >= 11 is 0. The van der Waals surface area contributed by atoms with Gasteiger partial charge in [-0.3, -0.25) is 4.79 Å². The second-order valence-electron chi connectivity index (χ2n) is 4.24. The number of carbonyl (C=O) groups is 1. The summed E-state index contributed by atoms with van der Waals surface area (Å²) in [5.74, 6) is -0.182. The molecule has 0 fully saturated rings. The summed E-state index contributed by atoms with van der Waals surface area (Å²) in [6, 6.07) is 1.00. The van der Waals surface area contributed by atoms with E-state index in [4.69, 9.17) is 0 Å². The van der Waals surface area contributed by atoms with Crippen molar-refractivity contribution in [1.82, 2.24) is 0 Å². The number of rotatable bonds is 4. The van der Waals surface area contributed by atoms with Crippen LogP contribution in [0.15, 0.2) is 12.2 Å². The first-order chi connectivity index (χ1) is 5.35. The SMILES string of the molecule is C=C(CC(=O)OC)C[Si](C)(C)C. The molecule has 0 aliphatic carbocycles. The van der Waals surface area contributed by atoms with Crippen LogP contribution in [0.3, 0.4) is 0 Å². The molecule has 0 unspecified atom stereocenters. The van der Waals surface area contributed by atoms with Crippen molar-refractivity contribution in [2.24, 2.45) is 0 Å². The van der Waals surface area contributed by atoms with Crippen molar-refractivity contribution in [1.29, 1.82) is 0 Å². The van der Waals surface area contributed by atoms with Crippen LogP contribution in [-0.2, 0) is 9.53 Å². The minimum absolute atomic E-state index is 0.182. The average molecular weight is 186 g/mol. The van der Waals surface area contributed by atoms with E-state index in [0.717, 1.165) is 11.6 Å². The van der Waals surface area contributed by atoms with Crippen molar-refractivity contribution in [3.05, 3.63) is 12.2 Å². The molecule has 0 rings (SSSR count). The van der Waals surface area contributed by atoms with Gasteiger partial charge >= 0.3 is 5.97 Å². The summed E-state index contributed by atoms with van der Waals surface area (Å²) < 4.78 is 4.55. The highest BCUT2D eigenvalue weighted by Gasteiger charge is 2.15. The molecule has 70 valence electrons. The Balaban J connectivity index is 3.83. The summed E-state index contributed by atoms with van der Waals surface area (Å²) in [5, 5.41) is 0. The Hall–Kier alpha value is -0.573. The molecular weight excluding hydrogens is 168 g/mol. The van der Waals surface area contributed by atoms with Crippen LogP contribution in [0.4, 0.5) is 0 Å². The van der Waals surface area contributed by atoms with Crippen LogP contribution in [0, 0.1) is 0 Å². The number of hydrogen-bond acceptors (Lipinski definition) is 2. The number of carbonyl (C=O) groups excluding carboxylic acids is 1. The summed E-state index contributed by atoms with van der Waals surface area (Å²) in [4.78, 5) is 10.8. The highest BCUT2D eigenvalue weighted by Crippen LogP contribution is 2.17. The van der Waals surface area contributed by atoms with E-state index in [-0.39, 0.29) is 5.97 Å². The predicted molar refractivity (Wildman–Crippen MR) is 53.9 cm³/mol. The molecule has 0 aromatic heterocycles. The van der Waals surface area contributed by atoms with Crippen LogP contribution in [0.2, 0.25) is 25.7 Å². The van der Waals surface area contributed by atoms with Crippen LogP contribution in [0.25, 0.3) is 0 Å². The third-order valence-corrected chi connectivity index (χ3v) is 2.96. The van der Waals surface area contributed by atoms with E-state index in [1.54, 1.807) is 0 Å². The Morgan fingerprint density at radius 1 is 1.42 bits per heavy atom. The maximum absolute atomic E-state index is 10.8. The quantitative estimate of drug-likeness (QED) is 0.383. The lowest BCUT2D eigenvalue weighted by atomic mass is 10.2. The topological polar surface area (TPSA) is 26.3 Å². The van der Waals surface area contributed by atoms with E-state index in [1.807, 2.05) is 0 Å². The van der Waals surface area contributed by atoms with E-state index < -0.39 is 8.07 Å². The first kappa shape index (κ1) is 11.4. The fourth-order valence-electron chi connectivity index (χ4n) is 1.09. The van der Waals surface area contributed by atoms with Gasteiger partial charge < -0.3 is 4.74 Å². The highest BCUT2D eigenvalue weighted by molar-refractivity contribution is 6.76. The van der Waals surface area contributed by atoms with Crippen LogP contribution in [-0.4, -0.2) is 21.2 Å². The monoisotopic (exact) mass is 186 g/mol. The molecule has 0 aliphatic heterocycles. The third-order valence-electron chi connectivity index (χ3n) is 1.40. The molecule has 3 heteroatoms. The molecule has 0 saturated heterocycles. The maximum atomic E-state index is 10.8. The molecule has 0 aliphatic rings. The van der Waals surface area contributed by atoms with E-state index in [1.165, 1.54) is 7.11 Å². The minimum atomic E-state index is -1.11. The molecule has 0 spiro atoms. The van der Waals surface area contributed by atoms with Crippen LogP contribution in [0.1, 0.15) is 6.42 Å². The highest BCUT2D eigenvalue weighted by atomic mass is 28.3. The number of esters is 1. The van der Waals surface area contributed by atoms with Crippen molar-refractivity contribution in [3.8, 4) is 0 Å². The van der Waals surface area contributed by atoms with E-state index in [2.05, 4.69) is 31.0 Å². The van der Waals surface area contributed by atoms with Crippen molar-refractivity contribution in [2.75, 3.05) is 7.11 Å². The standard InChI is InChI=1S/C9H18O2Si/c1-8(6-9(10)11-2)7-12(3,4)5/h1,6-7H2,2-5H3. The van der Waals surface area contributed by atoms with Gasteiger partial charge in [-0.05, 0) is 6.04 Å². The zero-order valence-corrected chi connectivity index (χ0v) is 9.44.